The van der Waals surface area contributed by atoms with Crippen molar-refractivity contribution in [3.05, 3.63) is 252 Å². The van der Waals surface area contributed by atoms with Gasteiger partial charge in [-0.05, 0) is 160 Å². The Morgan fingerprint density at radius 2 is 1.13 bits per heavy atom. The first-order valence-corrected chi connectivity index (χ1v) is 27.8. The third-order valence-corrected chi connectivity index (χ3v) is 16.5. The maximum absolute atomic E-state index is 6.97. The first-order valence-electron chi connectivity index (χ1n) is 27.8. The average Bonchev–Trinajstić information content (AvgIpc) is 3.83. The number of para-hydroxylation sites is 1. The molecule has 0 radical (unpaired) electrons. The summed E-state index contributed by atoms with van der Waals surface area (Å²) in [6.07, 6.45) is 10.7. The molecule has 0 unspecified atom stereocenters. The molecule has 0 amide bonds. The Bertz CT molecular complexity index is 4240. The van der Waals surface area contributed by atoms with E-state index in [1.807, 2.05) is 26.0 Å². The number of hydrogen-bond donors (Lipinski definition) is 0. The third-order valence-electron chi connectivity index (χ3n) is 16.5. The first-order chi connectivity index (χ1) is 37.4. The van der Waals surface area contributed by atoms with Gasteiger partial charge in [-0.15, -0.1) is 0 Å². The number of rotatable bonds is 5. The maximum atomic E-state index is 6.97. The summed E-state index contributed by atoms with van der Waals surface area (Å²) in [6, 6.07) is 67.1. The number of fused-ring (bicyclic) bond motifs is 13. The van der Waals surface area contributed by atoms with Gasteiger partial charge >= 0.3 is 6.85 Å². The van der Waals surface area contributed by atoms with Crippen LogP contribution in [0.5, 0.6) is 5.75 Å². The summed E-state index contributed by atoms with van der Waals surface area (Å²) in [6.45, 7) is 22.4. The smallest absolute Gasteiger partial charge is 0.333 e. The zero-order valence-corrected chi connectivity index (χ0v) is 45.8. The largest absolute Gasteiger partial charge is 0.457 e. The maximum Gasteiger partial charge on any atom is 0.333 e. The van der Waals surface area contributed by atoms with Crippen molar-refractivity contribution in [3.8, 4) is 16.9 Å². The van der Waals surface area contributed by atoms with Gasteiger partial charge < -0.3 is 14.1 Å². The van der Waals surface area contributed by atoms with Gasteiger partial charge in [0.25, 0.3) is 0 Å². The van der Waals surface area contributed by atoms with E-state index in [4.69, 9.17) is 4.74 Å². The van der Waals surface area contributed by atoms with E-state index in [0.29, 0.717) is 5.76 Å². The van der Waals surface area contributed by atoms with Crippen LogP contribution in [0, 0.1) is 0 Å². The Kier molecular flexibility index (Phi) is 11.6. The lowest BCUT2D eigenvalue weighted by molar-refractivity contribution is 0.448. The van der Waals surface area contributed by atoms with Crippen LogP contribution in [-0.2, 0) is 30.1 Å². The minimum absolute atomic E-state index is 0.0982. The van der Waals surface area contributed by atoms with Gasteiger partial charge in [0.15, 0.2) is 0 Å². The van der Waals surface area contributed by atoms with Gasteiger partial charge in [-0.1, -0.05) is 220 Å². The van der Waals surface area contributed by atoms with E-state index in [-0.39, 0.29) is 17.7 Å². The summed E-state index contributed by atoms with van der Waals surface area (Å²) in [7, 11) is 0. The fraction of sp³-hybridized carbons (Fsp3) is 0.178. The lowest BCUT2D eigenvalue weighted by Gasteiger charge is -2.42. The number of hydrogen-bond acceptors (Lipinski definition) is 2. The zero-order valence-electron chi connectivity index (χ0n) is 45.8. The molecular weight excluding hydrogens is 932 g/mol. The Hall–Kier alpha value is -8.34. The van der Waals surface area contributed by atoms with Crippen LogP contribution in [-0.4, -0.2) is 11.3 Å². The van der Waals surface area contributed by atoms with E-state index in [2.05, 4.69) is 246 Å². The summed E-state index contributed by atoms with van der Waals surface area (Å²) in [5, 5.41) is 10.0. The topological polar surface area (TPSA) is 17.4 Å². The molecule has 0 bridgehead atoms. The van der Waals surface area contributed by atoms with Crippen molar-refractivity contribution in [2.75, 3.05) is 4.90 Å². The molecule has 3 aliphatic rings. The van der Waals surface area contributed by atoms with Crippen LogP contribution in [0.1, 0.15) is 94.3 Å². The van der Waals surface area contributed by atoms with E-state index in [0.717, 1.165) is 36.0 Å². The van der Waals surface area contributed by atoms with Gasteiger partial charge in [-0.3, -0.25) is 0 Å². The molecule has 4 heterocycles. The van der Waals surface area contributed by atoms with Crippen LogP contribution in [0.25, 0.3) is 65.3 Å². The van der Waals surface area contributed by atoms with Gasteiger partial charge in [0.05, 0.1) is 0 Å². The minimum Gasteiger partial charge on any atom is -0.457 e. The van der Waals surface area contributed by atoms with Crippen LogP contribution in [0.4, 0.5) is 17.1 Å². The van der Waals surface area contributed by atoms with Crippen LogP contribution in [0.15, 0.2) is 213 Å². The molecule has 376 valence electrons. The van der Waals surface area contributed by atoms with E-state index < -0.39 is 0 Å². The number of nitrogens with zero attached hydrogens (tertiary/aromatic N) is 2. The lowest BCUT2D eigenvalue weighted by atomic mass is 9.44. The summed E-state index contributed by atoms with van der Waals surface area (Å²) in [5.74, 6) is 1.52. The Balaban J connectivity index is 0.00000280. The second-order valence-corrected chi connectivity index (χ2v) is 23.3. The Labute approximate surface area is 454 Å². The highest BCUT2D eigenvalue weighted by Gasteiger charge is 2.45. The molecule has 0 atom stereocenters. The van der Waals surface area contributed by atoms with E-state index in [9.17, 15) is 0 Å². The summed E-state index contributed by atoms with van der Waals surface area (Å²) >= 11 is 0. The normalized spacial score (nSPS) is 14.6. The average molecular weight is 997 g/mol. The second kappa shape index (κ2) is 18.5. The number of benzene rings is 10. The van der Waals surface area contributed by atoms with Crippen LogP contribution in [0.2, 0.25) is 0 Å². The Morgan fingerprint density at radius 3 is 1.77 bits per heavy atom. The molecule has 10 aromatic carbocycles. The molecule has 3 nitrogen and oxygen atoms in total. The third kappa shape index (κ3) is 7.86. The van der Waals surface area contributed by atoms with Gasteiger partial charge in [0, 0.05) is 44.4 Å². The fourth-order valence-electron chi connectivity index (χ4n) is 12.9. The van der Waals surface area contributed by atoms with E-state index in [1.165, 1.54) is 121 Å². The molecule has 0 N–H and O–H groups in total. The van der Waals surface area contributed by atoms with Gasteiger partial charge in [-0.2, -0.15) is 0 Å². The van der Waals surface area contributed by atoms with Crippen LogP contribution >= 0.6 is 0 Å². The van der Waals surface area contributed by atoms with Gasteiger partial charge in [0.2, 0.25) is 0 Å². The highest BCUT2D eigenvalue weighted by molar-refractivity contribution is 6.90. The molecule has 3 aliphatic heterocycles. The minimum atomic E-state index is -0.191. The number of ether oxygens (including phenoxy) is 1. The van der Waals surface area contributed by atoms with Crippen molar-refractivity contribution in [1.82, 2.24) is 4.48 Å². The van der Waals surface area contributed by atoms with Gasteiger partial charge in [0.1, 0.15) is 11.5 Å². The van der Waals surface area contributed by atoms with Crippen molar-refractivity contribution in [2.24, 2.45) is 0 Å². The Morgan fingerprint density at radius 1 is 0.558 bits per heavy atom. The van der Waals surface area contributed by atoms with Crippen molar-refractivity contribution in [3.63, 3.8) is 0 Å². The standard InChI is InChI=1S/C71H59BN2O.C2H6/c1-44-23-11-8-16-29-48-37-60-65-52-30-18-17-28-47(52)38-64-67(65)72(74-62-34-22-21-33-55(62)66(68(60)74)69(48)75-44)61-42-58-56(35-45-24-12-9-13-25-45)53-31-19-20-32-54(53)57(36-46-26-14-10-15-27-46)59(58)43-63(61)73(64)51-40-49(70(2,3)4)39-50(41-51)71(5,6)7;1-2/h8-28,30-34,37-43H,1,29,35-36H2,2-7H3;1-2H3/b16-8-,23-11-;. The second-order valence-electron chi connectivity index (χ2n) is 23.3. The van der Waals surface area contributed by atoms with Crippen molar-refractivity contribution < 1.29 is 4.74 Å². The molecule has 77 heavy (non-hydrogen) atoms. The fourth-order valence-corrected chi connectivity index (χ4v) is 12.9. The van der Waals surface area contributed by atoms with Crippen LogP contribution in [0.3, 0.4) is 0 Å². The molecule has 14 rings (SSSR count). The lowest BCUT2D eigenvalue weighted by Crippen LogP contribution is -2.56. The molecule has 1 aromatic heterocycles. The van der Waals surface area contributed by atoms with Crippen LogP contribution < -0.4 is 20.6 Å². The molecule has 11 aromatic rings. The predicted octanol–water partition coefficient (Wildman–Crippen LogP) is 18.0. The molecule has 0 aliphatic carbocycles. The molecule has 0 fully saturated rings. The van der Waals surface area contributed by atoms with Gasteiger partial charge in [-0.25, -0.2) is 0 Å². The SMILES string of the molecule is C=C1/C=C\C=C/Cc2cc3c4c(c2O1)c1ccccc1n4B1c2cc4c(Cc5ccccc5)c5ccccc5c(Cc5ccccc5)c4cc2N(c2cc(C(C)(C)C)cc(C(C)(C)C)c2)c2cc4ccccc4c-3c21.CC. The first kappa shape index (κ1) is 48.3. The van der Waals surface area contributed by atoms with E-state index >= 15 is 0 Å². The van der Waals surface area contributed by atoms with Crippen molar-refractivity contribution in [2.45, 2.75) is 85.5 Å². The molecular formula is C73H65BN2O. The zero-order chi connectivity index (χ0) is 52.9. The number of aromatic nitrogens is 1. The summed E-state index contributed by atoms with van der Waals surface area (Å²) in [5.41, 5.74) is 20.1. The predicted molar refractivity (Wildman–Crippen MR) is 331 cm³/mol. The highest BCUT2D eigenvalue weighted by atomic mass is 16.5. The van der Waals surface area contributed by atoms with Crippen molar-refractivity contribution in [1.29, 1.82) is 0 Å². The van der Waals surface area contributed by atoms with Crippen molar-refractivity contribution >= 4 is 89.0 Å². The molecule has 0 saturated carbocycles. The van der Waals surface area contributed by atoms with E-state index in [1.54, 1.807) is 0 Å². The molecule has 0 saturated heterocycles. The molecule has 4 heteroatoms. The number of anilines is 3. The number of allylic oxidation sites excluding steroid dienone is 4. The summed E-state index contributed by atoms with van der Waals surface area (Å²) in [4.78, 5) is 2.67. The molecule has 0 spiro atoms. The monoisotopic (exact) mass is 997 g/mol. The quantitative estimate of drug-likeness (QED) is 0.126. The highest BCUT2D eigenvalue weighted by Crippen LogP contribution is 2.52. The summed E-state index contributed by atoms with van der Waals surface area (Å²) < 4.78 is 9.67.